The second-order valence-corrected chi connectivity index (χ2v) is 12.8. The Morgan fingerprint density at radius 3 is 0.950 bits per heavy atom. The van der Waals surface area contributed by atoms with Crippen molar-refractivity contribution in [1.29, 1.82) is 0 Å². The lowest BCUT2D eigenvalue weighted by molar-refractivity contribution is 0.405. The number of phenolic OH excluding ortho intramolecular Hbond substituents is 3. The summed E-state index contributed by atoms with van der Waals surface area (Å²) in [7, 11) is 0. The minimum absolute atomic E-state index is 0.155. The Bertz CT molecular complexity index is 1130. The smallest absolute Gasteiger partial charge is 0.119 e. The van der Waals surface area contributed by atoms with Gasteiger partial charge < -0.3 is 15.3 Å². The highest BCUT2D eigenvalue weighted by Gasteiger charge is 2.34. The van der Waals surface area contributed by atoms with Gasteiger partial charge in [-0.05, 0) is 91.2 Å². The van der Waals surface area contributed by atoms with Crippen LogP contribution in [0.2, 0.25) is 0 Å². The molecule has 0 atom stereocenters. The molecule has 0 heterocycles. The number of benzene rings is 3. The van der Waals surface area contributed by atoms with Crippen molar-refractivity contribution in [1.82, 2.24) is 0 Å². The zero-order chi connectivity index (χ0) is 27.5. The number of aromatic hydroxyl groups is 3. The SMILES string of the molecule is Oc1cccc(C(c2cccc(O)c2C2CCCCC2)c2cccc(O)c2C2CCCCC2)c1C1CCCCC1. The molecular weight excluding hydrogens is 492 g/mol. The zero-order valence-electron chi connectivity index (χ0n) is 24.0. The van der Waals surface area contributed by atoms with E-state index in [4.69, 9.17) is 0 Å². The highest BCUT2D eigenvalue weighted by atomic mass is 16.3. The molecule has 0 radical (unpaired) electrons. The third-order valence-corrected chi connectivity index (χ3v) is 10.3. The first-order chi connectivity index (χ1) is 19.6. The van der Waals surface area contributed by atoms with Gasteiger partial charge in [0.2, 0.25) is 0 Å². The molecule has 0 spiro atoms. The number of hydrogen-bond acceptors (Lipinski definition) is 3. The average molecular weight is 539 g/mol. The Kier molecular flexibility index (Phi) is 8.37. The molecule has 3 heteroatoms. The second kappa shape index (κ2) is 12.3. The van der Waals surface area contributed by atoms with Gasteiger partial charge in [0.1, 0.15) is 17.2 Å². The highest BCUT2D eigenvalue weighted by molar-refractivity contribution is 5.59. The van der Waals surface area contributed by atoms with E-state index in [1.54, 1.807) is 0 Å². The summed E-state index contributed by atoms with van der Waals surface area (Å²) in [5.41, 5.74) is 6.71. The van der Waals surface area contributed by atoms with E-state index in [-0.39, 0.29) is 5.92 Å². The predicted molar refractivity (Wildman–Crippen MR) is 163 cm³/mol. The lowest BCUT2D eigenvalue weighted by atomic mass is 9.70. The molecule has 0 bridgehead atoms. The molecular formula is C37H46O3. The summed E-state index contributed by atoms with van der Waals surface area (Å²) in [6.07, 6.45) is 17.6. The molecule has 3 aromatic rings. The van der Waals surface area contributed by atoms with Crippen LogP contribution in [0.15, 0.2) is 54.6 Å². The normalized spacial score (nSPS) is 19.7. The minimum atomic E-state index is -0.155. The van der Waals surface area contributed by atoms with E-state index >= 15 is 0 Å². The Morgan fingerprint density at radius 1 is 0.400 bits per heavy atom. The summed E-state index contributed by atoms with van der Waals surface area (Å²) in [5, 5.41) is 34.3. The summed E-state index contributed by atoms with van der Waals surface area (Å²) < 4.78 is 0. The highest BCUT2D eigenvalue weighted by Crippen LogP contribution is 2.51. The largest absolute Gasteiger partial charge is 0.508 e. The van der Waals surface area contributed by atoms with Crippen molar-refractivity contribution >= 4 is 0 Å². The van der Waals surface area contributed by atoms with Crippen LogP contribution in [0.5, 0.6) is 17.2 Å². The maximum Gasteiger partial charge on any atom is 0.119 e. The summed E-state index contributed by atoms with van der Waals surface area (Å²) >= 11 is 0. The predicted octanol–water partition coefficient (Wildman–Crippen LogP) is 10.1. The molecule has 3 aliphatic carbocycles. The fraction of sp³-hybridized carbons (Fsp3) is 0.514. The molecule has 0 amide bonds. The van der Waals surface area contributed by atoms with Crippen LogP contribution in [-0.4, -0.2) is 15.3 Å². The Hall–Kier alpha value is -2.94. The molecule has 3 N–H and O–H groups in total. The van der Waals surface area contributed by atoms with Gasteiger partial charge in [0.15, 0.2) is 0 Å². The van der Waals surface area contributed by atoms with E-state index in [1.807, 2.05) is 36.4 Å². The minimum Gasteiger partial charge on any atom is -0.508 e. The van der Waals surface area contributed by atoms with Crippen molar-refractivity contribution in [2.24, 2.45) is 0 Å². The summed E-state index contributed by atoms with van der Waals surface area (Å²) in [6, 6.07) is 18.2. The van der Waals surface area contributed by atoms with Gasteiger partial charge in [0, 0.05) is 22.6 Å². The molecule has 0 unspecified atom stereocenters. The lowest BCUT2D eigenvalue weighted by Gasteiger charge is -2.34. The molecule has 3 saturated carbocycles. The van der Waals surface area contributed by atoms with Crippen molar-refractivity contribution in [2.75, 3.05) is 0 Å². The summed E-state index contributed by atoms with van der Waals surface area (Å²) in [6.45, 7) is 0. The van der Waals surface area contributed by atoms with Crippen molar-refractivity contribution in [3.63, 3.8) is 0 Å². The quantitative estimate of drug-likeness (QED) is 0.274. The monoisotopic (exact) mass is 538 g/mol. The van der Waals surface area contributed by atoms with Crippen LogP contribution < -0.4 is 0 Å². The van der Waals surface area contributed by atoms with Crippen molar-refractivity contribution in [3.8, 4) is 17.2 Å². The van der Waals surface area contributed by atoms with E-state index in [9.17, 15) is 15.3 Å². The fourth-order valence-electron chi connectivity index (χ4n) is 8.48. The summed E-state index contributed by atoms with van der Waals surface area (Å²) in [5.74, 6) is 2.03. The fourth-order valence-corrected chi connectivity index (χ4v) is 8.48. The first kappa shape index (κ1) is 27.2. The number of rotatable bonds is 6. The van der Waals surface area contributed by atoms with Gasteiger partial charge in [-0.25, -0.2) is 0 Å². The summed E-state index contributed by atoms with van der Waals surface area (Å²) in [4.78, 5) is 0. The van der Waals surface area contributed by atoms with Gasteiger partial charge in [0.25, 0.3) is 0 Å². The van der Waals surface area contributed by atoms with E-state index < -0.39 is 0 Å². The molecule has 40 heavy (non-hydrogen) atoms. The first-order valence-corrected chi connectivity index (χ1v) is 16.1. The maximum atomic E-state index is 11.4. The van der Waals surface area contributed by atoms with E-state index in [0.717, 1.165) is 71.9 Å². The Morgan fingerprint density at radius 2 is 0.675 bits per heavy atom. The van der Waals surface area contributed by atoms with Gasteiger partial charge in [-0.1, -0.05) is 94.2 Å². The van der Waals surface area contributed by atoms with Gasteiger partial charge in [-0.15, -0.1) is 0 Å². The Balaban J connectivity index is 1.61. The third-order valence-electron chi connectivity index (χ3n) is 10.3. The Labute approximate surface area is 240 Å². The number of phenols is 3. The van der Waals surface area contributed by atoms with E-state index in [0.29, 0.717) is 35.0 Å². The van der Waals surface area contributed by atoms with E-state index in [2.05, 4.69) is 18.2 Å². The molecule has 3 nitrogen and oxygen atoms in total. The zero-order valence-corrected chi connectivity index (χ0v) is 24.0. The second-order valence-electron chi connectivity index (χ2n) is 12.8. The maximum absolute atomic E-state index is 11.4. The van der Waals surface area contributed by atoms with Gasteiger partial charge in [0.05, 0.1) is 0 Å². The lowest BCUT2D eigenvalue weighted by Crippen LogP contribution is -2.18. The molecule has 0 aliphatic heterocycles. The van der Waals surface area contributed by atoms with Crippen molar-refractivity contribution in [2.45, 2.75) is 120 Å². The standard InChI is InChI=1S/C37H46O3/c38-31-22-10-19-28(34(31)25-13-4-1-5-14-25)37(29-20-11-23-32(39)35(29)26-15-6-2-7-16-26)30-21-12-24-33(40)36(30)27-17-8-3-9-18-27/h10-12,19-27,37-40H,1-9,13-18H2. The van der Waals surface area contributed by atoms with Crippen molar-refractivity contribution < 1.29 is 15.3 Å². The van der Waals surface area contributed by atoms with Crippen LogP contribution in [0.1, 0.15) is 153 Å². The molecule has 212 valence electrons. The molecule has 0 saturated heterocycles. The van der Waals surface area contributed by atoms with Crippen LogP contribution >= 0.6 is 0 Å². The van der Waals surface area contributed by atoms with Crippen LogP contribution in [0, 0.1) is 0 Å². The molecule has 3 aliphatic rings. The molecule has 3 fully saturated rings. The van der Waals surface area contributed by atoms with Crippen molar-refractivity contribution in [3.05, 3.63) is 88.0 Å². The van der Waals surface area contributed by atoms with Gasteiger partial charge in [-0.2, -0.15) is 0 Å². The number of hydrogen-bond donors (Lipinski definition) is 3. The topological polar surface area (TPSA) is 60.7 Å². The van der Waals surface area contributed by atoms with Gasteiger partial charge in [-0.3, -0.25) is 0 Å². The third kappa shape index (κ3) is 5.37. The average Bonchev–Trinajstić information content (AvgIpc) is 2.99. The van der Waals surface area contributed by atoms with E-state index in [1.165, 1.54) is 57.8 Å². The van der Waals surface area contributed by atoms with Gasteiger partial charge >= 0.3 is 0 Å². The molecule has 0 aromatic heterocycles. The van der Waals surface area contributed by atoms with Crippen LogP contribution in [-0.2, 0) is 0 Å². The molecule has 6 rings (SSSR count). The van der Waals surface area contributed by atoms with Crippen LogP contribution in [0.25, 0.3) is 0 Å². The van der Waals surface area contributed by atoms with Crippen LogP contribution in [0.4, 0.5) is 0 Å². The molecule has 3 aromatic carbocycles. The first-order valence-electron chi connectivity index (χ1n) is 16.1. The van der Waals surface area contributed by atoms with Crippen LogP contribution in [0.3, 0.4) is 0 Å².